The van der Waals surface area contributed by atoms with Crippen molar-refractivity contribution in [3.63, 3.8) is 0 Å². The van der Waals surface area contributed by atoms with Crippen molar-refractivity contribution in [1.29, 1.82) is 0 Å². The van der Waals surface area contributed by atoms with Gasteiger partial charge in [-0.05, 0) is 43.0 Å². The minimum absolute atomic E-state index is 0.140. The second-order valence-corrected chi connectivity index (χ2v) is 9.43. The van der Waals surface area contributed by atoms with Crippen molar-refractivity contribution in [3.8, 4) is 17.4 Å². The summed E-state index contributed by atoms with van der Waals surface area (Å²) >= 11 is 0. The number of halogens is 2. The van der Waals surface area contributed by atoms with Crippen molar-refractivity contribution in [2.24, 2.45) is 5.92 Å². The molecule has 3 heterocycles. The molecule has 2 aliphatic heterocycles. The molecule has 1 aromatic heterocycles. The first kappa shape index (κ1) is 24.7. The van der Waals surface area contributed by atoms with Gasteiger partial charge in [-0.2, -0.15) is 4.98 Å². The number of carbonyl (C=O) groups excluding carboxylic acids is 1. The van der Waals surface area contributed by atoms with Gasteiger partial charge in [-0.25, -0.2) is 18.6 Å². The third kappa shape index (κ3) is 5.58. The molecule has 1 fully saturated rings. The van der Waals surface area contributed by atoms with Crippen LogP contribution in [0.3, 0.4) is 0 Å². The first-order valence-corrected chi connectivity index (χ1v) is 12.4. The lowest BCUT2D eigenvalue weighted by Gasteiger charge is -2.33. The molecule has 5 rings (SSSR count). The molecule has 1 N–H and O–H groups in total. The van der Waals surface area contributed by atoms with E-state index in [1.807, 2.05) is 0 Å². The van der Waals surface area contributed by atoms with Gasteiger partial charge in [0, 0.05) is 43.9 Å². The minimum Gasteiger partial charge on any atom is -0.497 e. The molecule has 194 valence electrons. The highest BCUT2D eigenvalue weighted by Crippen LogP contribution is 2.34. The number of carbonyl (C=O) groups is 1. The predicted molar refractivity (Wildman–Crippen MR) is 135 cm³/mol. The maximum absolute atomic E-state index is 14.5. The predicted octanol–water partition coefficient (Wildman–Crippen LogP) is 5.38. The van der Waals surface area contributed by atoms with Gasteiger partial charge in [0.1, 0.15) is 11.6 Å². The maximum atomic E-state index is 14.5. The van der Waals surface area contributed by atoms with Crippen molar-refractivity contribution in [2.75, 3.05) is 37.0 Å². The van der Waals surface area contributed by atoms with Crippen LogP contribution >= 0.6 is 0 Å². The van der Waals surface area contributed by atoms with Crippen LogP contribution in [0.25, 0.3) is 0 Å². The number of aromatic nitrogens is 2. The zero-order valence-corrected chi connectivity index (χ0v) is 20.8. The Labute approximate surface area is 214 Å². The Morgan fingerprint density at radius 3 is 2.65 bits per heavy atom. The van der Waals surface area contributed by atoms with E-state index in [4.69, 9.17) is 14.5 Å². The van der Waals surface area contributed by atoms with Gasteiger partial charge < -0.3 is 24.6 Å². The summed E-state index contributed by atoms with van der Waals surface area (Å²) in [5, 5.41) is 2.88. The van der Waals surface area contributed by atoms with Crippen LogP contribution in [0, 0.1) is 17.6 Å². The number of nitrogens with one attached hydrogen (secondary N) is 1. The van der Waals surface area contributed by atoms with Crippen molar-refractivity contribution < 1.29 is 23.0 Å². The van der Waals surface area contributed by atoms with Gasteiger partial charge in [0.25, 0.3) is 0 Å². The Kier molecular flexibility index (Phi) is 7.07. The number of fused-ring (bicyclic) bond motifs is 1. The van der Waals surface area contributed by atoms with Crippen molar-refractivity contribution >= 4 is 17.7 Å². The molecular weight excluding hydrogens is 480 g/mol. The second-order valence-electron chi connectivity index (χ2n) is 9.43. The van der Waals surface area contributed by atoms with Gasteiger partial charge in [0.15, 0.2) is 11.6 Å². The first-order chi connectivity index (χ1) is 17.9. The third-order valence-electron chi connectivity index (χ3n) is 6.79. The smallest absolute Gasteiger partial charge is 0.322 e. The lowest BCUT2D eigenvalue weighted by atomic mass is 9.99. The van der Waals surface area contributed by atoms with Crippen LogP contribution in [0.5, 0.6) is 17.4 Å². The van der Waals surface area contributed by atoms with Gasteiger partial charge in [-0.1, -0.05) is 13.0 Å². The van der Waals surface area contributed by atoms with Crippen molar-refractivity contribution in [3.05, 3.63) is 65.4 Å². The number of ether oxygens (including phenoxy) is 2. The fraction of sp³-hybridized carbons (Fsp3) is 0.370. The molecule has 2 aromatic carbocycles. The van der Waals surface area contributed by atoms with Crippen molar-refractivity contribution in [2.45, 2.75) is 32.7 Å². The summed E-state index contributed by atoms with van der Waals surface area (Å²) in [6.45, 7) is 4.49. The molecule has 37 heavy (non-hydrogen) atoms. The summed E-state index contributed by atoms with van der Waals surface area (Å²) in [4.78, 5) is 26.3. The van der Waals surface area contributed by atoms with Crippen LogP contribution in [-0.2, 0) is 13.0 Å². The Morgan fingerprint density at radius 2 is 1.89 bits per heavy atom. The molecular formula is C27H29F2N5O3. The summed E-state index contributed by atoms with van der Waals surface area (Å²) in [6.07, 6.45) is 2.55. The van der Waals surface area contributed by atoms with Crippen LogP contribution < -0.4 is 19.7 Å². The average Bonchev–Trinajstić information content (AvgIpc) is 2.90. The number of hydrogen-bond donors (Lipinski definition) is 1. The summed E-state index contributed by atoms with van der Waals surface area (Å²) < 4.78 is 39.1. The van der Waals surface area contributed by atoms with Crippen LogP contribution in [0.15, 0.2) is 42.5 Å². The molecule has 2 aliphatic rings. The highest BCUT2D eigenvalue weighted by molar-refractivity contribution is 5.89. The third-order valence-corrected chi connectivity index (χ3v) is 6.79. The average molecular weight is 510 g/mol. The molecule has 0 spiro atoms. The number of nitrogens with zero attached hydrogens (tertiary/aromatic N) is 4. The highest BCUT2D eigenvalue weighted by atomic mass is 19.1. The molecule has 0 radical (unpaired) electrons. The number of amides is 2. The summed E-state index contributed by atoms with van der Waals surface area (Å²) in [7, 11) is 1.56. The highest BCUT2D eigenvalue weighted by Gasteiger charge is 2.29. The quantitative estimate of drug-likeness (QED) is 0.497. The standard InChI is InChI=1S/C27H29F2N5O3/c1-17-8-11-33(12-9-17)26-31-23-10-13-34(27(35)30-19-4-3-5-20(15-19)36-2)16-21(23)25(32-26)37-24-7-6-18(28)14-22(24)29/h3-7,14-15,17H,8-13,16H2,1-2H3,(H,30,35). The van der Waals surface area contributed by atoms with E-state index in [2.05, 4.69) is 22.1 Å². The first-order valence-electron chi connectivity index (χ1n) is 12.4. The number of rotatable bonds is 5. The van der Waals surface area contributed by atoms with Crippen LogP contribution in [-0.4, -0.2) is 47.6 Å². The minimum atomic E-state index is -0.829. The molecule has 2 amide bonds. The Balaban J connectivity index is 1.43. The number of piperidine rings is 1. The lowest BCUT2D eigenvalue weighted by molar-refractivity contribution is 0.204. The largest absolute Gasteiger partial charge is 0.497 e. The second kappa shape index (κ2) is 10.6. The van der Waals surface area contributed by atoms with E-state index >= 15 is 0 Å². The van der Waals surface area contributed by atoms with E-state index in [0.717, 1.165) is 43.8 Å². The van der Waals surface area contributed by atoms with Gasteiger partial charge >= 0.3 is 6.03 Å². The van der Waals surface area contributed by atoms with Gasteiger partial charge in [-0.15, -0.1) is 0 Å². The monoisotopic (exact) mass is 509 g/mol. The maximum Gasteiger partial charge on any atom is 0.322 e. The SMILES string of the molecule is COc1cccc(NC(=O)N2CCc3nc(N4CCC(C)CC4)nc(Oc4ccc(F)cc4F)c3C2)c1. The Bertz CT molecular complexity index is 1300. The van der Waals surface area contributed by atoms with Crippen LogP contribution in [0.4, 0.5) is 25.2 Å². The molecule has 8 nitrogen and oxygen atoms in total. The zero-order chi connectivity index (χ0) is 25.9. The van der Waals surface area contributed by atoms with E-state index < -0.39 is 11.6 Å². The number of methoxy groups -OCH3 is 1. The number of urea groups is 1. The molecule has 0 atom stereocenters. The number of hydrogen-bond acceptors (Lipinski definition) is 6. The molecule has 0 saturated carbocycles. The normalized spacial score (nSPS) is 15.8. The molecule has 10 heteroatoms. The summed E-state index contributed by atoms with van der Waals surface area (Å²) in [6, 6.07) is 9.93. The van der Waals surface area contributed by atoms with Crippen LogP contribution in [0.1, 0.15) is 31.0 Å². The van der Waals surface area contributed by atoms with Crippen molar-refractivity contribution in [1.82, 2.24) is 14.9 Å². The van der Waals surface area contributed by atoms with E-state index in [-0.39, 0.29) is 24.2 Å². The fourth-order valence-corrected chi connectivity index (χ4v) is 4.54. The van der Waals surface area contributed by atoms with Gasteiger partial charge in [-0.3, -0.25) is 0 Å². The Hall–Kier alpha value is -3.95. The zero-order valence-electron chi connectivity index (χ0n) is 20.8. The number of benzene rings is 2. The van der Waals surface area contributed by atoms with Gasteiger partial charge in [0.2, 0.25) is 11.8 Å². The lowest BCUT2D eigenvalue weighted by Crippen LogP contribution is -2.40. The summed E-state index contributed by atoms with van der Waals surface area (Å²) in [5.74, 6) is 0.294. The number of anilines is 2. The van der Waals surface area contributed by atoms with E-state index in [1.165, 1.54) is 6.07 Å². The van der Waals surface area contributed by atoms with Gasteiger partial charge in [0.05, 0.1) is 24.9 Å². The van der Waals surface area contributed by atoms with E-state index in [1.54, 1.807) is 36.3 Å². The topological polar surface area (TPSA) is 79.8 Å². The molecule has 0 aliphatic carbocycles. The molecule has 1 saturated heterocycles. The van der Waals surface area contributed by atoms with E-state index in [9.17, 15) is 13.6 Å². The van der Waals surface area contributed by atoms with E-state index in [0.29, 0.717) is 41.8 Å². The fourth-order valence-electron chi connectivity index (χ4n) is 4.54. The summed E-state index contributed by atoms with van der Waals surface area (Å²) in [5.41, 5.74) is 1.96. The molecule has 0 bridgehead atoms. The molecule has 3 aromatic rings. The molecule has 0 unspecified atom stereocenters. The van der Waals surface area contributed by atoms with Crippen LogP contribution in [0.2, 0.25) is 0 Å². The Morgan fingerprint density at radius 1 is 1.08 bits per heavy atom.